The van der Waals surface area contributed by atoms with E-state index in [0.29, 0.717) is 5.82 Å². The van der Waals surface area contributed by atoms with Crippen molar-refractivity contribution in [1.29, 1.82) is 0 Å². The number of unbranched alkanes of at least 4 members (excludes halogenated alkanes) is 2. The van der Waals surface area contributed by atoms with Gasteiger partial charge in [0, 0.05) is 12.2 Å². The maximum absolute atomic E-state index is 6.14. The van der Waals surface area contributed by atoms with Crippen molar-refractivity contribution in [3.8, 4) is 0 Å². The molecule has 0 saturated heterocycles. The monoisotopic (exact) mass is 325 g/mol. The number of nitrogen functional groups attached to an aromatic ring is 1. The van der Waals surface area contributed by atoms with E-state index in [0.717, 1.165) is 25.1 Å². The predicted molar refractivity (Wildman–Crippen MR) is 103 cm³/mol. The molecule has 0 saturated carbocycles. The van der Waals surface area contributed by atoms with E-state index in [4.69, 9.17) is 5.73 Å². The van der Waals surface area contributed by atoms with Gasteiger partial charge in [-0.3, -0.25) is 0 Å². The molecule has 24 heavy (non-hydrogen) atoms. The maximum Gasteiger partial charge on any atom is 0.126 e. The van der Waals surface area contributed by atoms with Crippen LogP contribution in [0.5, 0.6) is 0 Å². The average molecular weight is 326 g/mol. The highest BCUT2D eigenvalue weighted by molar-refractivity contribution is 5.45. The summed E-state index contributed by atoms with van der Waals surface area (Å²) in [5, 5.41) is 0. The minimum atomic E-state index is 0.703. The van der Waals surface area contributed by atoms with Gasteiger partial charge in [-0.15, -0.1) is 0 Å². The smallest absolute Gasteiger partial charge is 0.126 e. The summed E-state index contributed by atoms with van der Waals surface area (Å²) in [6.45, 7) is 5.25. The molecule has 0 aliphatic carbocycles. The third-order valence-electron chi connectivity index (χ3n) is 4.47. The van der Waals surface area contributed by atoms with Crippen molar-refractivity contribution in [1.82, 2.24) is 9.88 Å². The number of aromatic nitrogens is 1. The SMILES string of the molecule is CCCCCc1cc(Cc2ccccc2CN(C)C)c(C)nc1N. The normalized spacial score (nSPS) is 11.2. The van der Waals surface area contributed by atoms with Gasteiger partial charge < -0.3 is 10.6 Å². The lowest BCUT2D eigenvalue weighted by Gasteiger charge is -2.16. The Morgan fingerprint density at radius 3 is 2.38 bits per heavy atom. The van der Waals surface area contributed by atoms with Crippen LogP contribution in [0.1, 0.15) is 54.1 Å². The van der Waals surface area contributed by atoms with Crippen LogP contribution >= 0.6 is 0 Å². The second-order valence-electron chi connectivity index (χ2n) is 6.92. The highest BCUT2D eigenvalue weighted by Crippen LogP contribution is 2.22. The first-order valence-corrected chi connectivity index (χ1v) is 8.97. The topological polar surface area (TPSA) is 42.2 Å². The van der Waals surface area contributed by atoms with E-state index in [1.165, 1.54) is 41.5 Å². The van der Waals surface area contributed by atoms with Crippen LogP contribution in [0.3, 0.4) is 0 Å². The van der Waals surface area contributed by atoms with Gasteiger partial charge in [0.25, 0.3) is 0 Å². The predicted octanol–water partition coefficient (Wildman–Crippen LogP) is 4.36. The fourth-order valence-electron chi connectivity index (χ4n) is 3.09. The summed E-state index contributed by atoms with van der Waals surface area (Å²) in [6, 6.07) is 11.0. The lowest BCUT2D eigenvalue weighted by Crippen LogP contribution is -2.13. The molecular formula is C21H31N3. The molecule has 2 N–H and O–H groups in total. The van der Waals surface area contributed by atoms with Gasteiger partial charge in [-0.1, -0.05) is 50.1 Å². The van der Waals surface area contributed by atoms with Crippen LogP contribution in [0, 0.1) is 6.92 Å². The zero-order chi connectivity index (χ0) is 17.5. The fraction of sp³-hybridized carbons (Fsp3) is 0.476. The lowest BCUT2D eigenvalue weighted by atomic mass is 9.96. The molecule has 0 fully saturated rings. The quantitative estimate of drug-likeness (QED) is 0.733. The highest BCUT2D eigenvalue weighted by Gasteiger charge is 2.10. The Kier molecular flexibility index (Phi) is 6.80. The van der Waals surface area contributed by atoms with E-state index in [1.54, 1.807) is 0 Å². The largest absolute Gasteiger partial charge is 0.383 e. The first-order chi connectivity index (χ1) is 11.5. The minimum Gasteiger partial charge on any atom is -0.383 e. The summed E-state index contributed by atoms with van der Waals surface area (Å²) < 4.78 is 0. The molecule has 0 aliphatic rings. The van der Waals surface area contributed by atoms with Crippen LogP contribution in [-0.2, 0) is 19.4 Å². The van der Waals surface area contributed by atoms with Gasteiger partial charge in [-0.2, -0.15) is 0 Å². The molecule has 0 unspecified atom stereocenters. The zero-order valence-electron chi connectivity index (χ0n) is 15.6. The summed E-state index contributed by atoms with van der Waals surface area (Å²) in [5.41, 5.74) is 12.4. The number of hydrogen-bond donors (Lipinski definition) is 1. The summed E-state index contributed by atoms with van der Waals surface area (Å²) in [5.74, 6) is 0.703. The second kappa shape index (κ2) is 8.84. The summed E-state index contributed by atoms with van der Waals surface area (Å²) >= 11 is 0. The molecular weight excluding hydrogens is 294 g/mol. The van der Waals surface area contributed by atoms with Crippen LogP contribution in [0.25, 0.3) is 0 Å². The number of hydrogen-bond acceptors (Lipinski definition) is 3. The molecule has 2 rings (SSSR count). The molecule has 0 bridgehead atoms. The van der Waals surface area contributed by atoms with Gasteiger partial charge in [0.15, 0.2) is 0 Å². The van der Waals surface area contributed by atoms with E-state index in [9.17, 15) is 0 Å². The van der Waals surface area contributed by atoms with Crippen LogP contribution in [0.4, 0.5) is 5.82 Å². The lowest BCUT2D eigenvalue weighted by molar-refractivity contribution is 0.401. The van der Waals surface area contributed by atoms with E-state index in [1.807, 2.05) is 0 Å². The zero-order valence-corrected chi connectivity index (χ0v) is 15.6. The highest BCUT2D eigenvalue weighted by atomic mass is 15.0. The number of benzene rings is 1. The van der Waals surface area contributed by atoms with Crippen LogP contribution in [0.15, 0.2) is 30.3 Å². The molecule has 0 aliphatic heterocycles. The van der Waals surface area contributed by atoms with Crippen molar-refractivity contribution in [3.05, 3.63) is 58.3 Å². The van der Waals surface area contributed by atoms with E-state index >= 15 is 0 Å². The van der Waals surface area contributed by atoms with Crippen molar-refractivity contribution in [2.75, 3.05) is 19.8 Å². The molecule has 1 aromatic heterocycles. The summed E-state index contributed by atoms with van der Waals surface area (Å²) in [7, 11) is 4.22. The van der Waals surface area contributed by atoms with E-state index in [-0.39, 0.29) is 0 Å². The molecule has 1 heterocycles. The number of nitrogens with two attached hydrogens (primary N) is 1. The molecule has 1 aromatic carbocycles. The first kappa shape index (κ1) is 18.5. The standard InChI is InChI=1S/C21H31N3/c1-5-6-7-11-18-14-20(16(2)23-21(18)22)13-17-10-8-9-12-19(17)15-24(3)4/h8-10,12,14H,5-7,11,13,15H2,1-4H3,(H2,22,23). The molecule has 0 radical (unpaired) electrons. The molecule has 0 spiro atoms. The van der Waals surface area contributed by atoms with Gasteiger partial charge in [-0.05, 0) is 62.5 Å². The van der Waals surface area contributed by atoms with Gasteiger partial charge in [0.1, 0.15) is 5.82 Å². The Bertz CT molecular complexity index is 662. The minimum absolute atomic E-state index is 0.703. The van der Waals surface area contributed by atoms with E-state index < -0.39 is 0 Å². The molecule has 3 heteroatoms. The maximum atomic E-state index is 6.14. The van der Waals surface area contributed by atoms with Crippen LogP contribution in [-0.4, -0.2) is 24.0 Å². The summed E-state index contributed by atoms with van der Waals surface area (Å²) in [4.78, 5) is 6.82. The number of nitrogens with zero attached hydrogens (tertiary/aromatic N) is 2. The van der Waals surface area contributed by atoms with Gasteiger partial charge in [0.2, 0.25) is 0 Å². The Morgan fingerprint density at radius 1 is 1.00 bits per heavy atom. The third kappa shape index (κ3) is 5.07. The van der Waals surface area contributed by atoms with E-state index in [2.05, 4.69) is 68.2 Å². The molecule has 130 valence electrons. The summed E-state index contributed by atoms with van der Waals surface area (Å²) in [6.07, 6.45) is 5.60. The molecule has 3 nitrogen and oxygen atoms in total. The number of pyridine rings is 1. The fourth-order valence-corrected chi connectivity index (χ4v) is 3.09. The van der Waals surface area contributed by atoms with Gasteiger partial charge in [0.05, 0.1) is 0 Å². The average Bonchev–Trinajstić information content (AvgIpc) is 2.53. The van der Waals surface area contributed by atoms with Gasteiger partial charge in [-0.25, -0.2) is 4.98 Å². The Labute approximate surface area is 146 Å². The van der Waals surface area contributed by atoms with Crippen molar-refractivity contribution in [2.24, 2.45) is 0 Å². The van der Waals surface area contributed by atoms with Crippen LogP contribution < -0.4 is 5.73 Å². The van der Waals surface area contributed by atoms with Crippen molar-refractivity contribution in [3.63, 3.8) is 0 Å². The molecule has 0 amide bonds. The number of aryl methyl sites for hydroxylation is 2. The Hall–Kier alpha value is -1.87. The van der Waals surface area contributed by atoms with Crippen molar-refractivity contribution >= 4 is 5.82 Å². The first-order valence-electron chi connectivity index (χ1n) is 8.97. The number of anilines is 1. The third-order valence-corrected chi connectivity index (χ3v) is 4.47. The van der Waals surface area contributed by atoms with Crippen molar-refractivity contribution < 1.29 is 0 Å². The second-order valence-corrected chi connectivity index (χ2v) is 6.92. The van der Waals surface area contributed by atoms with Crippen LogP contribution in [0.2, 0.25) is 0 Å². The Balaban J connectivity index is 2.24. The Morgan fingerprint density at radius 2 is 1.71 bits per heavy atom. The van der Waals surface area contributed by atoms with Gasteiger partial charge >= 0.3 is 0 Å². The molecule has 0 atom stereocenters. The number of rotatable bonds is 8. The molecule has 2 aromatic rings. The van der Waals surface area contributed by atoms with Crippen molar-refractivity contribution in [2.45, 2.75) is 52.5 Å².